The van der Waals surface area contributed by atoms with Gasteiger partial charge >= 0.3 is 0 Å². The molecule has 0 radical (unpaired) electrons. The summed E-state index contributed by atoms with van der Waals surface area (Å²) < 4.78 is 21.4. The Balaban J connectivity index is 2.40. The Morgan fingerprint density at radius 1 is 1.05 bits per heavy atom. The van der Waals surface area contributed by atoms with Crippen molar-refractivity contribution < 1.29 is 18.9 Å². The predicted molar refractivity (Wildman–Crippen MR) is 76.3 cm³/mol. The number of methoxy groups -OCH3 is 3. The molecule has 1 aliphatic heterocycles. The first-order chi connectivity index (χ1) is 9.71. The maximum Gasteiger partial charge on any atom is 0.164 e. The molecule has 1 heterocycles. The van der Waals surface area contributed by atoms with Crippen LogP contribution in [0.4, 0.5) is 0 Å². The van der Waals surface area contributed by atoms with E-state index in [9.17, 15) is 0 Å². The van der Waals surface area contributed by atoms with E-state index in [1.807, 2.05) is 6.07 Å². The van der Waals surface area contributed by atoms with Crippen LogP contribution in [0.5, 0.6) is 17.2 Å². The largest absolute Gasteiger partial charge is 0.501 e. The average Bonchev–Trinajstić information content (AvgIpc) is 2.53. The van der Waals surface area contributed by atoms with Gasteiger partial charge in [-0.3, -0.25) is 0 Å². The molecule has 1 unspecified atom stereocenters. The zero-order valence-corrected chi connectivity index (χ0v) is 12.1. The van der Waals surface area contributed by atoms with E-state index in [-0.39, 0.29) is 6.04 Å². The fourth-order valence-corrected chi connectivity index (χ4v) is 2.31. The molecule has 1 aromatic rings. The zero-order chi connectivity index (χ0) is 14.5. The van der Waals surface area contributed by atoms with Crippen molar-refractivity contribution in [2.45, 2.75) is 18.9 Å². The van der Waals surface area contributed by atoms with E-state index in [2.05, 4.69) is 0 Å². The first-order valence-corrected chi connectivity index (χ1v) is 6.57. The number of benzene rings is 1. The van der Waals surface area contributed by atoms with Crippen molar-refractivity contribution in [3.8, 4) is 17.2 Å². The highest BCUT2D eigenvalue weighted by molar-refractivity contribution is 5.53. The Hall–Kier alpha value is -1.88. The van der Waals surface area contributed by atoms with Gasteiger partial charge in [0.1, 0.15) is 5.75 Å². The zero-order valence-electron chi connectivity index (χ0n) is 12.1. The minimum atomic E-state index is -0.273. The van der Waals surface area contributed by atoms with Gasteiger partial charge in [0.25, 0.3) is 0 Å². The van der Waals surface area contributed by atoms with Gasteiger partial charge in [0.15, 0.2) is 11.5 Å². The maximum atomic E-state index is 6.34. The topological polar surface area (TPSA) is 62.9 Å². The third-order valence-electron chi connectivity index (χ3n) is 3.43. The van der Waals surface area contributed by atoms with E-state index < -0.39 is 0 Å². The van der Waals surface area contributed by atoms with Crippen LogP contribution in [0.1, 0.15) is 24.4 Å². The van der Waals surface area contributed by atoms with E-state index in [0.717, 1.165) is 30.6 Å². The van der Waals surface area contributed by atoms with Gasteiger partial charge in [0.05, 0.1) is 40.2 Å². The lowest BCUT2D eigenvalue weighted by Gasteiger charge is -2.23. The first kappa shape index (κ1) is 14.5. The number of hydrogen-bond donors (Lipinski definition) is 1. The summed E-state index contributed by atoms with van der Waals surface area (Å²) in [6.07, 6.45) is 3.66. The van der Waals surface area contributed by atoms with Crippen molar-refractivity contribution in [3.63, 3.8) is 0 Å². The molecule has 0 aromatic heterocycles. The fraction of sp³-hybridized carbons (Fsp3) is 0.467. The molecular weight excluding hydrogens is 258 g/mol. The van der Waals surface area contributed by atoms with Gasteiger partial charge in [-0.1, -0.05) is 0 Å². The van der Waals surface area contributed by atoms with Gasteiger partial charge in [-0.25, -0.2) is 0 Å². The number of hydrogen-bond acceptors (Lipinski definition) is 5. The molecule has 2 N–H and O–H groups in total. The molecule has 1 aliphatic rings. The highest BCUT2D eigenvalue weighted by Gasteiger charge is 2.21. The van der Waals surface area contributed by atoms with Crippen molar-refractivity contribution in [1.82, 2.24) is 0 Å². The molecule has 0 aliphatic carbocycles. The van der Waals surface area contributed by atoms with Crippen LogP contribution in [0.2, 0.25) is 0 Å². The summed E-state index contributed by atoms with van der Waals surface area (Å²) in [4.78, 5) is 0. The summed E-state index contributed by atoms with van der Waals surface area (Å²) in [6.45, 7) is 0.749. The van der Waals surface area contributed by atoms with Crippen LogP contribution < -0.4 is 19.9 Å². The van der Waals surface area contributed by atoms with Crippen LogP contribution in [0.25, 0.3) is 0 Å². The van der Waals surface area contributed by atoms with Crippen LogP contribution in [0.15, 0.2) is 24.0 Å². The Bertz CT molecular complexity index is 499. The van der Waals surface area contributed by atoms with Crippen LogP contribution in [0.3, 0.4) is 0 Å². The quantitative estimate of drug-likeness (QED) is 0.896. The number of rotatable bonds is 5. The summed E-state index contributed by atoms with van der Waals surface area (Å²) in [5, 5.41) is 0. The van der Waals surface area contributed by atoms with Gasteiger partial charge in [0, 0.05) is 11.6 Å². The molecule has 0 spiro atoms. The first-order valence-electron chi connectivity index (χ1n) is 6.57. The summed E-state index contributed by atoms with van der Waals surface area (Å²) in [5.41, 5.74) is 8.26. The van der Waals surface area contributed by atoms with Crippen molar-refractivity contribution in [2.24, 2.45) is 5.73 Å². The minimum Gasteiger partial charge on any atom is -0.501 e. The van der Waals surface area contributed by atoms with Crippen molar-refractivity contribution in [1.29, 1.82) is 0 Å². The molecule has 1 atom stereocenters. The van der Waals surface area contributed by atoms with Crippen molar-refractivity contribution in [2.75, 3.05) is 27.9 Å². The molecular formula is C15H21NO4. The second kappa shape index (κ2) is 6.52. The maximum absolute atomic E-state index is 6.34. The summed E-state index contributed by atoms with van der Waals surface area (Å²) in [6, 6.07) is 3.38. The molecule has 20 heavy (non-hydrogen) atoms. The standard InChI is InChI=1S/C15H21NO4/c1-17-12-8-14(19-3)13(18-2)7-11(12)15(16)10-5-4-6-20-9-10/h7-9,15H,4-6,16H2,1-3H3. The Morgan fingerprint density at radius 3 is 2.25 bits per heavy atom. The van der Waals surface area contributed by atoms with Gasteiger partial charge < -0.3 is 24.7 Å². The average molecular weight is 279 g/mol. The predicted octanol–water partition coefficient (Wildman–Crippen LogP) is 2.41. The molecule has 110 valence electrons. The van der Waals surface area contributed by atoms with Crippen molar-refractivity contribution >= 4 is 0 Å². The second-order valence-electron chi connectivity index (χ2n) is 4.59. The highest BCUT2D eigenvalue weighted by Crippen LogP contribution is 2.39. The monoisotopic (exact) mass is 279 g/mol. The molecule has 5 heteroatoms. The summed E-state index contributed by atoms with van der Waals surface area (Å²) >= 11 is 0. The molecule has 0 amide bonds. The molecule has 5 nitrogen and oxygen atoms in total. The van der Waals surface area contributed by atoms with Crippen LogP contribution >= 0.6 is 0 Å². The third-order valence-corrected chi connectivity index (χ3v) is 3.43. The van der Waals surface area contributed by atoms with E-state index in [4.69, 9.17) is 24.7 Å². The number of ether oxygens (including phenoxy) is 4. The molecule has 0 saturated carbocycles. The SMILES string of the molecule is COc1cc(OC)c(C(N)C2=COCCC2)cc1OC. The van der Waals surface area contributed by atoms with Gasteiger partial charge in [0.2, 0.25) is 0 Å². The summed E-state index contributed by atoms with van der Waals surface area (Å²) in [7, 11) is 4.81. The second-order valence-corrected chi connectivity index (χ2v) is 4.59. The van der Waals surface area contributed by atoms with E-state index >= 15 is 0 Å². The van der Waals surface area contributed by atoms with E-state index in [1.54, 1.807) is 33.7 Å². The normalized spacial score (nSPS) is 15.9. The molecule has 0 bridgehead atoms. The van der Waals surface area contributed by atoms with Gasteiger partial charge in [-0.15, -0.1) is 0 Å². The smallest absolute Gasteiger partial charge is 0.164 e. The highest BCUT2D eigenvalue weighted by atomic mass is 16.5. The Kier molecular flexibility index (Phi) is 4.74. The van der Waals surface area contributed by atoms with E-state index in [0.29, 0.717) is 17.2 Å². The minimum absolute atomic E-state index is 0.273. The Labute approximate surface area is 119 Å². The lowest BCUT2D eigenvalue weighted by Crippen LogP contribution is -2.17. The van der Waals surface area contributed by atoms with Crippen LogP contribution in [-0.4, -0.2) is 27.9 Å². The van der Waals surface area contributed by atoms with Crippen molar-refractivity contribution in [3.05, 3.63) is 29.5 Å². The van der Waals surface area contributed by atoms with Crippen LogP contribution in [0, 0.1) is 0 Å². The van der Waals surface area contributed by atoms with Gasteiger partial charge in [-0.2, -0.15) is 0 Å². The van der Waals surface area contributed by atoms with Gasteiger partial charge in [-0.05, 0) is 24.5 Å². The lowest BCUT2D eigenvalue weighted by atomic mass is 9.95. The lowest BCUT2D eigenvalue weighted by molar-refractivity contribution is 0.221. The van der Waals surface area contributed by atoms with E-state index in [1.165, 1.54) is 0 Å². The molecule has 2 rings (SSSR count). The molecule has 1 aromatic carbocycles. The Morgan fingerprint density at radius 2 is 1.70 bits per heavy atom. The fourth-order valence-electron chi connectivity index (χ4n) is 2.31. The van der Waals surface area contributed by atoms with Crippen LogP contribution in [-0.2, 0) is 4.74 Å². The number of nitrogens with two attached hydrogens (primary N) is 1. The summed E-state index contributed by atoms with van der Waals surface area (Å²) in [5.74, 6) is 1.94. The third kappa shape index (κ3) is 2.82. The molecule has 0 fully saturated rings. The molecule has 0 saturated heterocycles.